The maximum absolute atomic E-state index is 5.87. The van der Waals surface area contributed by atoms with Crippen molar-refractivity contribution in [1.82, 2.24) is 0 Å². The second-order valence-electron chi connectivity index (χ2n) is 4.38. The molecule has 1 atom stereocenters. The number of thioether (sulfide) groups is 1. The molecule has 0 fully saturated rings. The lowest BCUT2D eigenvalue weighted by Crippen LogP contribution is -2.14. The van der Waals surface area contributed by atoms with Crippen LogP contribution in [0.5, 0.6) is 0 Å². The van der Waals surface area contributed by atoms with Crippen LogP contribution in [0.1, 0.15) is 11.5 Å². The average molecular weight is 257 g/mol. The fraction of sp³-hybridized carbons (Fsp3) is 0.250. The van der Waals surface area contributed by atoms with Gasteiger partial charge in [0, 0.05) is 11.7 Å². The molecule has 0 aliphatic rings. The molecule has 0 amide bonds. The monoisotopic (exact) mass is 257 g/mol. The first kappa shape index (κ1) is 13.2. The summed E-state index contributed by atoms with van der Waals surface area (Å²) in [5.41, 5.74) is 9.74. The van der Waals surface area contributed by atoms with Crippen LogP contribution in [0.15, 0.2) is 54.6 Å². The fourth-order valence-corrected chi connectivity index (χ4v) is 2.84. The molecule has 0 saturated carbocycles. The Morgan fingerprint density at radius 1 is 1.00 bits per heavy atom. The van der Waals surface area contributed by atoms with Crippen LogP contribution in [0.2, 0.25) is 0 Å². The standard InChI is InChI=1S/C16H19NS/c1-18-12-16(11-17)15-9-5-8-14(10-15)13-6-3-2-4-7-13/h2-10,16H,11-12,17H2,1H3. The van der Waals surface area contributed by atoms with Crippen molar-refractivity contribution in [3.05, 3.63) is 60.2 Å². The summed E-state index contributed by atoms with van der Waals surface area (Å²) in [6.07, 6.45) is 2.13. The third-order valence-electron chi connectivity index (χ3n) is 3.12. The minimum Gasteiger partial charge on any atom is -0.330 e. The molecule has 2 N–H and O–H groups in total. The van der Waals surface area contributed by atoms with Gasteiger partial charge in [-0.05, 0) is 29.5 Å². The predicted octanol–water partition coefficient (Wildman–Crippen LogP) is 3.76. The van der Waals surface area contributed by atoms with Crippen LogP contribution in [0, 0.1) is 0 Å². The zero-order valence-corrected chi connectivity index (χ0v) is 11.5. The van der Waals surface area contributed by atoms with Gasteiger partial charge in [-0.1, -0.05) is 54.6 Å². The Kier molecular flexibility index (Phi) is 4.85. The second kappa shape index (κ2) is 6.62. The van der Waals surface area contributed by atoms with Gasteiger partial charge in [0.1, 0.15) is 0 Å². The quantitative estimate of drug-likeness (QED) is 0.882. The van der Waals surface area contributed by atoms with Gasteiger partial charge in [0.15, 0.2) is 0 Å². The summed E-state index contributed by atoms with van der Waals surface area (Å²) < 4.78 is 0. The molecular weight excluding hydrogens is 238 g/mol. The number of rotatable bonds is 5. The smallest absolute Gasteiger partial charge is 0.00520 e. The molecule has 0 aromatic heterocycles. The molecule has 94 valence electrons. The Morgan fingerprint density at radius 3 is 2.39 bits per heavy atom. The van der Waals surface area contributed by atoms with Gasteiger partial charge < -0.3 is 5.73 Å². The molecule has 2 heteroatoms. The van der Waals surface area contributed by atoms with Crippen LogP contribution < -0.4 is 5.73 Å². The highest BCUT2D eigenvalue weighted by Crippen LogP contribution is 2.25. The van der Waals surface area contributed by atoms with Crippen LogP contribution in [0.3, 0.4) is 0 Å². The fourth-order valence-electron chi connectivity index (χ4n) is 2.10. The molecule has 0 radical (unpaired) electrons. The van der Waals surface area contributed by atoms with Crippen molar-refractivity contribution in [2.45, 2.75) is 5.92 Å². The van der Waals surface area contributed by atoms with Gasteiger partial charge in [0.25, 0.3) is 0 Å². The van der Waals surface area contributed by atoms with Crippen molar-refractivity contribution in [3.8, 4) is 11.1 Å². The summed E-state index contributed by atoms with van der Waals surface area (Å²) in [6.45, 7) is 0.707. The van der Waals surface area contributed by atoms with E-state index in [1.807, 2.05) is 17.8 Å². The van der Waals surface area contributed by atoms with E-state index in [2.05, 4.69) is 54.8 Å². The van der Waals surface area contributed by atoms with E-state index < -0.39 is 0 Å². The average Bonchev–Trinajstić information content (AvgIpc) is 2.46. The highest BCUT2D eigenvalue weighted by molar-refractivity contribution is 7.98. The molecule has 2 aromatic carbocycles. The topological polar surface area (TPSA) is 26.0 Å². The van der Waals surface area contributed by atoms with Gasteiger partial charge in [-0.2, -0.15) is 11.8 Å². The summed E-state index contributed by atoms with van der Waals surface area (Å²) in [7, 11) is 0. The lowest BCUT2D eigenvalue weighted by molar-refractivity contribution is 0.786. The van der Waals surface area contributed by atoms with Crippen LogP contribution in [0.4, 0.5) is 0 Å². The SMILES string of the molecule is CSCC(CN)c1cccc(-c2ccccc2)c1. The number of nitrogens with two attached hydrogens (primary N) is 1. The zero-order chi connectivity index (χ0) is 12.8. The minimum absolute atomic E-state index is 0.448. The van der Waals surface area contributed by atoms with E-state index in [-0.39, 0.29) is 0 Å². The molecule has 1 unspecified atom stereocenters. The lowest BCUT2D eigenvalue weighted by atomic mass is 9.96. The molecule has 18 heavy (non-hydrogen) atoms. The van der Waals surface area contributed by atoms with Crippen molar-refractivity contribution in [1.29, 1.82) is 0 Å². The van der Waals surface area contributed by atoms with E-state index in [0.29, 0.717) is 12.5 Å². The first-order valence-electron chi connectivity index (χ1n) is 6.19. The van der Waals surface area contributed by atoms with Gasteiger partial charge in [-0.15, -0.1) is 0 Å². The van der Waals surface area contributed by atoms with Crippen molar-refractivity contribution >= 4 is 11.8 Å². The van der Waals surface area contributed by atoms with Crippen molar-refractivity contribution in [2.75, 3.05) is 18.6 Å². The Hall–Kier alpha value is -1.25. The Bertz CT molecular complexity index is 481. The maximum atomic E-state index is 5.87. The van der Waals surface area contributed by atoms with Crippen LogP contribution in [-0.4, -0.2) is 18.6 Å². The molecular formula is C16H19NS. The Balaban J connectivity index is 2.30. The zero-order valence-electron chi connectivity index (χ0n) is 10.7. The van der Waals surface area contributed by atoms with Crippen LogP contribution >= 0.6 is 11.8 Å². The second-order valence-corrected chi connectivity index (χ2v) is 5.29. The maximum Gasteiger partial charge on any atom is 0.00520 e. The Morgan fingerprint density at radius 2 is 1.72 bits per heavy atom. The summed E-state index contributed by atoms with van der Waals surface area (Å²) in [5.74, 6) is 1.53. The molecule has 2 aromatic rings. The minimum atomic E-state index is 0.448. The van der Waals surface area contributed by atoms with Crippen molar-refractivity contribution in [3.63, 3.8) is 0 Å². The highest BCUT2D eigenvalue weighted by atomic mass is 32.2. The molecule has 1 nitrogen and oxygen atoms in total. The molecule has 0 bridgehead atoms. The third kappa shape index (κ3) is 3.15. The largest absolute Gasteiger partial charge is 0.330 e. The van der Waals surface area contributed by atoms with E-state index in [1.165, 1.54) is 16.7 Å². The van der Waals surface area contributed by atoms with Gasteiger partial charge in [0.2, 0.25) is 0 Å². The van der Waals surface area contributed by atoms with Gasteiger partial charge in [-0.3, -0.25) is 0 Å². The number of hydrogen-bond acceptors (Lipinski definition) is 2. The molecule has 0 heterocycles. The third-order valence-corrected chi connectivity index (χ3v) is 3.85. The summed E-state index contributed by atoms with van der Waals surface area (Å²) >= 11 is 1.85. The molecule has 2 rings (SSSR count). The van der Waals surface area contributed by atoms with E-state index in [0.717, 1.165) is 5.75 Å². The molecule has 0 spiro atoms. The van der Waals surface area contributed by atoms with Crippen molar-refractivity contribution < 1.29 is 0 Å². The van der Waals surface area contributed by atoms with Gasteiger partial charge in [0.05, 0.1) is 0 Å². The van der Waals surface area contributed by atoms with Crippen LogP contribution in [-0.2, 0) is 0 Å². The lowest BCUT2D eigenvalue weighted by Gasteiger charge is -2.15. The first-order chi connectivity index (χ1) is 8.85. The van der Waals surface area contributed by atoms with E-state index in [9.17, 15) is 0 Å². The van der Waals surface area contributed by atoms with Crippen LogP contribution in [0.25, 0.3) is 11.1 Å². The van der Waals surface area contributed by atoms with Gasteiger partial charge in [-0.25, -0.2) is 0 Å². The first-order valence-corrected chi connectivity index (χ1v) is 7.59. The number of benzene rings is 2. The Labute approximate surface area is 113 Å². The molecule has 0 aliphatic carbocycles. The predicted molar refractivity (Wildman–Crippen MR) is 82.1 cm³/mol. The molecule has 0 aliphatic heterocycles. The normalized spacial score (nSPS) is 12.3. The summed E-state index contributed by atoms with van der Waals surface area (Å²) in [4.78, 5) is 0. The van der Waals surface area contributed by atoms with E-state index in [4.69, 9.17) is 5.73 Å². The van der Waals surface area contributed by atoms with Gasteiger partial charge >= 0.3 is 0 Å². The highest BCUT2D eigenvalue weighted by Gasteiger charge is 2.09. The molecule has 0 saturated heterocycles. The van der Waals surface area contributed by atoms with E-state index in [1.54, 1.807) is 0 Å². The summed E-state index contributed by atoms with van der Waals surface area (Å²) in [6, 6.07) is 19.2. The number of hydrogen-bond donors (Lipinski definition) is 1. The van der Waals surface area contributed by atoms with E-state index >= 15 is 0 Å². The summed E-state index contributed by atoms with van der Waals surface area (Å²) in [5, 5.41) is 0. The van der Waals surface area contributed by atoms with Crippen molar-refractivity contribution in [2.24, 2.45) is 5.73 Å².